The van der Waals surface area contributed by atoms with Gasteiger partial charge in [-0.05, 0) is 44.9 Å². The summed E-state index contributed by atoms with van der Waals surface area (Å²) in [4.78, 5) is 10.5. The molecule has 0 aliphatic rings. The summed E-state index contributed by atoms with van der Waals surface area (Å²) in [6, 6.07) is 7.24. The van der Waals surface area contributed by atoms with Gasteiger partial charge in [-0.2, -0.15) is 0 Å². The summed E-state index contributed by atoms with van der Waals surface area (Å²) in [5.74, 6) is -0.0326. The number of rotatable bonds is 5. The average molecular weight is 251 g/mol. The molecule has 0 saturated heterocycles. The number of hydrogen-bond acceptors (Lipinski definition) is 3. The number of benzene rings is 1. The van der Waals surface area contributed by atoms with Crippen molar-refractivity contribution in [3.05, 3.63) is 29.8 Å². The third kappa shape index (κ3) is 5.19. The van der Waals surface area contributed by atoms with Crippen LogP contribution in [0.2, 0.25) is 0 Å². The normalized spacial score (nSPS) is 13.1. The fourth-order valence-electron chi connectivity index (χ4n) is 1.58. The number of carboxylic acids is 1. The highest BCUT2D eigenvalue weighted by Crippen LogP contribution is 2.22. The zero-order chi connectivity index (χ0) is 13.8. The molecule has 1 aromatic rings. The molecule has 0 fully saturated rings. The Labute approximate surface area is 108 Å². The highest BCUT2D eigenvalue weighted by molar-refractivity contribution is 5.66. The molecule has 0 heterocycles. The van der Waals surface area contributed by atoms with Crippen molar-refractivity contribution in [2.24, 2.45) is 5.73 Å². The monoisotopic (exact) mass is 251 g/mol. The van der Waals surface area contributed by atoms with Crippen LogP contribution in [0.25, 0.3) is 0 Å². The van der Waals surface area contributed by atoms with E-state index >= 15 is 0 Å². The van der Waals surface area contributed by atoms with Gasteiger partial charge < -0.3 is 15.6 Å². The number of hydrogen-bond donors (Lipinski definition) is 2. The molecule has 0 saturated carbocycles. The summed E-state index contributed by atoms with van der Waals surface area (Å²) in [7, 11) is 0. The standard InChI is InChI=1S/C14H21NO3/c1-14(2,3)18-11-6-4-10(5-7-11)12(15)8-9-13(16)17/h4-7,12H,8-9,15H2,1-3H3,(H,16,17). The first kappa shape index (κ1) is 14.5. The maximum atomic E-state index is 10.5. The molecule has 4 heteroatoms. The summed E-state index contributed by atoms with van der Waals surface area (Å²) in [6.07, 6.45) is 0.524. The topological polar surface area (TPSA) is 72.5 Å². The molecule has 1 unspecified atom stereocenters. The molecule has 3 N–H and O–H groups in total. The Balaban J connectivity index is 2.62. The Morgan fingerprint density at radius 1 is 1.33 bits per heavy atom. The van der Waals surface area contributed by atoms with Crippen LogP contribution in [0.5, 0.6) is 5.75 Å². The summed E-state index contributed by atoms with van der Waals surface area (Å²) >= 11 is 0. The van der Waals surface area contributed by atoms with Gasteiger partial charge in [0.05, 0.1) is 0 Å². The highest BCUT2D eigenvalue weighted by atomic mass is 16.5. The van der Waals surface area contributed by atoms with E-state index in [-0.39, 0.29) is 18.1 Å². The number of ether oxygens (including phenoxy) is 1. The van der Waals surface area contributed by atoms with Crippen LogP contribution in [-0.2, 0) is 4.79 Å². The molecular formula is C14H21NO3. The maximum Gasteiger partial charge on any atom is 0.303 e. The van der Waals surface area contributed by atoms with Crippen molar-refractivity contribution >= 4 is 5.97 Å². The van der Waals surface area contributed by atoms with Gasteiger partial charge in [0, 0.05) is 12.5 Å². The molecule has 0 aliphatic carbocycles. The Kier molecular flexibility index (Phi) is 4.73. The molecule has 0 spiro atoms. The Hall–Kier alpha value is -1.55. The summed E-state index contributed by atoms with van der Waals surface area (Å²) in [5, 5.41) is 8.61. The van der Waals surface area contributed by atoms with Crippen molar-refractivity contribution in [2.75, 3.05) is 0 Å². The average Bonchev–Trinajstić information content (AvgIpc) is 2.24. The fraction of sp³-hybridized carbons (Fsp3) is 0.500. The van der Waals surface area contributed by atoms with Crippen LogP contribution < -0.4 is 10.5 Å². The van der Waals surface area contributed by atoms with E-state index in [1.165, 1.54) is 0 Å². The summed E-state index contributed by atoms with van der Waals surface area (Å²) < 4.78 is 5.70. The molecule has 18 heavy (non-hydrogen) atoms. The van der Waals surface area contributed by atoms with Gasteiger partial charge in [-0.1, -0.05) is 12.1 Å². The van der Waals surface area contributed by atoms with E-state index in [2.05, 4.69) is 0 Å². The van der Waals surface area contributed by atoms with Crippen LogP contribution in [0.4, 0.5) is 0 Å². The van der Waals surface area contributed by atoms with E-state index < -0.39 is 5.97 Å². The molecular weight excluding hydrogens is 230 g/mol. The van der Waals surface area contributed by atoms with E-state index in [0.717, 1.165) is 11.3 Å². The lowest BCUT2D eigenvalue weighted by molar-refractivity contribution is -0.137. The van der Waals surface area contributed by atoms with Crippen LogP contribution >= 0.6 is 0 Å². The van der Waals surface area contributed by atoms with Gasteiger partial charge in [0.25, 0.3) is 0 Å². The lowest BCUT2D eigenvalue weighted by Crippen LogP contribution is -2.23. The Morgan fingerprint density at radius 2 is 1.89 bits per heavy atom. The van der Waals surface area contributed by atoms with Gasteiger partial charge in [0.2, 0.25) is 0 Å². The first-order valence-corrected chi connectivity index (χ1v) is 6.04. The SMILES string of the molecule is CC(C)(C)Oc1ccc(C(N)CCC(=O)O)cc1. The van der Waals surface area contributed by atoms with Crippen LogP contribution in [-0.4, -0.2) is 16.7 Å². The molecule has 1 aromatic carbocycles. The molecule has 0 amide bonds. The second kappa shape index (κ2) is 5.87. The molecule has 0 aromatic heterocycles. The molecule has 0 radical (unpaired) electrons. The first-order valence-electron chi connectivity index (χ1n) is 6.04. The predicted octanol–water partition coefficient (Wildman–Crippen LogP) is 2.73. The second-order valence-electron chi connectivity index (χ2n) is 5.32. The maximum absolute atomic E-state index is 10.5. The number of carboxylic acid groups (broad SMARTS) is 1. The number of aliphatic carboxylic acids is 1. The van der Waals surface area contributed by atoms with Gasteiger partial charge in [-0.25, -0.2) is 0 Å². The fourth-order valence-corrected chi connectivity index (χ4v) is 1.58. The minimum atomic E-state index is -0.821. The van der Waals surface area contributed by atoms with E-state index in [1.54, 1.807) is 0 Å². The number of carbonyl (C=O) groups is 1. The van der Waals surface area contributed by atoms with Crippen LogP contribution in [0.1, 0.15) is 45.2 Å². The third-order valence-electron chi connectivity index (χ3n) is 2.40. The lowest BCUT2D eigenvalue weighted by atomic mass is 10.0. The molecule has 0 aliphatic heterocycles. The van der Waals surface area contributed by atoms with Gasteiger partial charge in [-0.3, -0.25) is 4.79 Å². The van der Waals surface area contributed by atoms with E-state index in [0.29, 0.717) is 6.42 Å². The predicted molar refractivity (Wildman–Crippen MR) is 70.6 cm³/mol. The molecule has 0 bridgehead atoms. The van der Waals surface area contributed by atoms with Gasteiger partial charge in [0.1, 0.15) is 11.4 Å². The van der Waals surface area contributed by atoms with Crippen molar-refractivity contribution in [2.45, 2.75) is 45.3 Å². The van der Waals surface area contributed by atoms with Crippen molar-refractivity contribution in [1.82, 2.24) is 0 Å². The van der Waals surface area contributed by atoms with E-state index in [1.807, 2.05) is 45.0 Å². The zero-order valence-corrected chi connectivity index (χ0v) is 11.1. The van der Waals surface area contributed by atoms with Crippen molar-refractivity contribution < 1.29 is 14.6 Å². The minimum Gasteiger partial charge on any atom is -0.488 e. The van der Waals surface area contributed by atoms with Gasteiger partial charge in [-0.15, -0.1) is 0 Å². The van der Waals surface area contributed by atoms with Gasteiger partial charge >= 0.3 is 5.97 Å². The smallest absolute Gasteiger partial charge is 0.303 e. The molecule has 100 valence electrons. The largest absolute Gasteiger partial charge is 0.488 e. The summed E-state index contributed by atoms with van der Waals surface area (Å²) in [5.41, 5.74) is 6.62. The van der Waals surface area contributed by atoms with Crippen LogP contribution in [0.15, 0.2) is 24.3 Å². The second-order valence-corrected chi connectivity index (χ2v) is 5.32. The van der Waals surface area contributed by atoms with Crippen molar-refractivity contribution in [3.8, 4) is 5.75 Å². The van der Waals surface area contributed by atoms with E-state index in [9.17, 15) is 4.79 Å². The van der Waals surface area contributed by atoms with E-state index in [4.69, 9.17) is 15.6 Å². The lowest BCUT2D eigenvalue weighted by Gasteiger charge is -2.21. The number of nitrogens with two attached hydrogens (primary N) is 1. The Bertz CT molecular complexity index is 392. The van der Waals surface area contributed by atoms with Crippen molar-refractivity contribution in [3.63, 3.8) is 0 Å². The van der Waals surface area contributed by atoms with Crippen LogP contribution in [0.3, 0.4) is 0 Å². The first-order chi connectivity index (χ1) is 8.28. The third-order valence-corrected chi connectivity index (χ3v) is 2.40. The molecule has 1 atom stereocenters. The zero-order valence-electron chi connectivity index (χ0n) is 11.1. The molecule has 1 rings (SSSR count). The quantitative estimate of drug-likeness (QED) is 0.844. The highest BCUT2D eigenvalue weighted by Gasteiger charge is 2.12. The minimum absolute atomic E-state index is 0.0847. The summed E-state index contributed by atoms with van der Waals surface area (Å²) in [6.45, 7) is 5.96. The van der Waals surface area contributed by atoms with Crippen LogP contribution in [0, 0.1) is 0 Å². The van der Waals surface area contributed by atoms with Crippen molar-refractivity contribution in [1.29, 1.82) is 0 Å². The Morgan fingerprint density at radius 3 is 2.33 bits per heavy atom. The molecule has 4 nitrogen and oxygen atoms in total. The van der Waals surface area contributed by atoms with Gasteiger partial charge in [0.15, 0.2) is 0 Å².